The van der Waals surface area contributed by atoms with Crippen LogP contribution in [0, 0.1) is 5.82 Å². The number of halogens is 4. The fraction of sp³-hybridized carbons (Fsp3) is 0.400. The van der Waals surface area contributed by atoms with Crippen LogP contribution in [0.25, 0.3) is 0 Å². The highest BCUT2D eigenvalue weighted by Gasteiger charge is 2.56. The van der Waals surface area contributed by atoms with Crippen molar-refractivity contribution in [2.45, 2.75) is 24.6 Å². The Bertz CT molecular complexity index is 399. The van der Waals surface area contributed by atoms with Crippen LogP contribution in [-0.4, -0.2) is 6.18 Å². The second-order valence-electron chi connectivity index (χ2n) is 3.74. The van der Waals surface area contributed by atoms with Crippen LogP contribution in [0.2, 0.25) is 0 Å². The summed E-state index contributed by atoms with van der Waals surface area (Å²) in [5, 5.41) is 0. The van der Waals surface area contributed by atoms with Crippen LogP contribution < -0.4 is 5.73 Å². The van der Waals surface area contributed by atoms with E-state index in [-0.39, 0.29) is 24.0 Å². The third-order valence-electron chi connectivity index (χ3n) is 2.87. The lowest BCUT2D eigenvalue weighted by Gasteiger charge is -2.28. The molecule has 0 saturated heterocycles. The topological polar surface area (TPSA) is 26.0 Å². The van der Waals surface area contributed by atoms with Crippen molar-refractivity contribution >= 4 is 0 Å². The molecule has 0 aliphatic heterocycles. The predicted octanol–water partition coefficient (Wildman–Crippen LogP) is 2.49. The minimum atomic E-state index is -4.54. The molecule has 5 heteroatoms. The van der Waals surface area contributed by atoms with E-state index in [0.717, 1.165) is 6.07 Å². The highest BCUT2D eigenvalue weighted by molar-refractivity contribution is 5.40. The van der Waals surface area contributed by atoms with Gasteiger partial charge in [-0.25, -0.2) is 4.39 Å². The zero-order valence-electron chi connectivity index (χ0n) is 7.74. The molecule has 15 heavy (non-hydrogen) atoms. The second kappa shape index (κ2) is 2.95. The Balaban J connectivity index is 2.58. The van der Waals surface area contributed by atoms with Crippen LogP contribution in [-0.2, 0) is 12.0 Å². The zero-order chi connectivity index (χ0) is 11.3. The minimum absolute atomic E-state index is 0.0397. The van der Waals surface area contributed by atoms with Gasteiger partial charge in [0.2, 0.25) is 0 Å². The third kappa shape index (κ3) is 1.33. The Hall–Kier alpha value is -1.10. The monoisotopic (exact) mass is 219 g/mol. The molecule has 1 aromatic rings. The first-order valence-electron chi connectivity index (χ1n) is 4.50. The quantitative estimate of drug-likeness (QED) is 0.666. The van der Waals surface area contributed by atoms with Gasteiger partial charge in [0.05, 0.1) is 0 Å². The van der Waals surface area contributed by atoms with Crippen LogP contribution in [0.4, 0.5) is 17.6 Å². The van der Waals surface area contributed by atoms with Gasteiger partial charge in [-0.15, -0.1) is 0 Å². The van der Waals surface area contributed by atoms with Gasteiger partial charge in [-0.1, -0.05) is 12.1 Å². The molecule has 82 valence electrons. The molecular formula is C10H9F4N. The standard InChI is InChI=1S/C10H9F4N/c11-8-3-1-2-7-6(8)4-5-9(7,15)10(12,13)14/h1-3H,4-5,15H2. The second-order valence-corrected chi connectivity index (χ2v) is 3.74. The normalized spacial score (nSPS) is 25.4. The van der Waals surface area contributed by atoms with Crippen molar-refractivity contribution in [1.82, 2.24) is 0 Å². The number of fused-ring (bicyclic) bond motifs is 1. The summed E-state index contributed by atoms with van der Waals surface area (Å²) in [6.07, 6.45) is -4.78. The van der Waals surface area contributed by atoms with Crippen molar-refractivity contribution in [1.29, 1.82) is 0 Å². The largest absolute Gasteiger partial charge is 0.410 e. The maximum Gasteiger partial charge on any atom is 0.410 e. The molecular weight excluding hydrogens is 210 g/mol. The van der Waals surface area contributed by atoms with E-state index in [1.54, 1.807) is 0 Å². The molecule has 1 aliphatic rings. The van der Waals surface area contributed by atoms with E-state index in [0.29, 0.717) is 0 Å². The Labute approximate surface area is 83.9 Å². The number of benzene rings is 1. The molecule has 1 atom stereocenters. The molecule has 0 saturated carbocycles. The van der Waals surface area contributed by atoms with E-state index >= 15 is 0 Å². The number of rotatable bonds is 0. The van der Waals surface area contributed by atoms with Crippen LogP contribution in [0.3, 0.4) is 0 Å². The number of hydrogen-bond donors (Lipinski definition) is 1. The zero-order valence-corrected chi connectivity index (χ0v) is 7.74. The lowest BCUT2D eigenvalue weighted by molar-refractivity contribution is -0.188. The molecule has 0 radical (unpaired) electrons. The number of hydrogen-bond acceptors (Lipinski definition) is 1. The van der Waals surface area contributed by atoms with Crippen molar-refractivity contribution in [2.24, 2.45) is 5.73 Å². The SMILES string of the molecule is NC1(C(F)(F)F)CCc2c(F)cccc21. The van der Waals surface area contributed by atoms with Crippen molar-refractivity contribution in [3.63, 3.8) is 0 Å². The molecule has 2 N–H and O–H groups in total. The first-order chi connectivity index (χ1) is 6.86. The summed E-state index contributed by atoms with van der Waals surface area (Å²) in [5.41, 5.74) is 2.91. The molecule has 1 aliphatic carbocycles. The summed E-state index contributed by atoms with van der Waals surface area (Å²) in [7, 11) is 0. The molecule has 1 unspecified atom stereocenters. The third-order valence-corrected chi connectivity index (χ3v) is 2.87. The number of nitrogens with two attached hydrogens (primary N) is 1. The first kappa shape index (κ1) is 10.4. The Kier molecular flexibility index (Phi) is 2.05. The molecule has 0 spiro atoms. The summed E-state index contributed by atoms with van der Waals surface area (Å²) in [5.74, 6) is -0.607. The van der Waals surface area contributed by atoms with Gasteiger partial charge in [-0.2, -0.15) is 13.2 Å². The smallest absolute Gasteiger partial charge is 0.314 e. The van der Waals surface area contributed by atoms with E-state index in [2.05, 4.69) is 0 Å². The van der Waals surface area contributed by atoms with Crippen molar-refractivity contribution in [3.05, 3.63) is 35.1 Å². The average Bonchev–Trinajstić information content (AvgIpc) is 2.46. The molecule has 0 amide bonds. The summed E-state index contributed by atoms with van der Waals surface area (Å²) in [6, 6.07) is 3.66. The summed E-state index contributed by atoms with van der Waals surface area (Å²) >= 11 is 0. The summed E-state index contributed by atoms with van der Waals surface area (Å²) in [4.78, 5) is 0. The maximum atomic E-state index is 13.2. The van der Waals surface area contributed by atoms with Crippen LogP contribution in [0.1, 0.15) is 17.5 Å². The van der Waals surface area contributed by atoms with Gasteiger partial charge in [0.1, 0.15) is 11.4 Å². The van der Waals surface area contributed by atoms with E-state index < -0.39 is 17.5 Å². The van der Waals surface area contributed by atoms with E-state index in [4.69, 9.17) is 5.73 Å². The summed E-state index contributed by atoms with van der Waals surface area (Å²) in [6.45, 7) is 0. The Morgan fingerprint density at radius 2 is 1.93 bits per heavy atom. The lowest BCUT2D eigenvalue weighted by atomic mass is 9.92. The molecule has 0 heterocycles. The fourth-order valence-corrected chi connectivity index (χ4v) is 1.98. The van der Waals surface area contributed by atoms with Crippen LogP contribution >= 0.6 is 0 Å². The molecule has 1 aromatic carbocycles. The van der Waals surface area contributed by atoms with Gasteiger partial charge < -0.3 is 5.73 Å². The molecule has 0 aromatic heterocycles. The molecule has 0 bridgehead atoms. The average molecular weight is 219 g/mol. The van der Waals surface area contributed by atoms with Crippen LogP contribution in [0.15, 0.2) is 18.2 Å². The van der Waals surface area contributed by atoms with Gasteiger partial charge in [-0.05, 0) is 30.0 Å². The maximum absolute atomic E-state index is 13.2. The molecule has 1 nitrogen and oxygen atoms in total. The highest BCUT2D eigenvalue weighted by Crippen LogP contribution is 2.46. The van der Waals surface area contributed by atoms with Crippen molar-refractivity contribution in [3.8, 4) is 0 Å². The van der Waals surface area contributed by atoms with Crippen molar-refractivity contribution < 1.29 is 17.6 Å². The van der Waals surface area contributed by atoms with E-state index in [1.165, 1.54) is 12.1 Å². The van der Waals surface area contributed by atoms with Gasteiger partial charge in [0.25, 0.3) is 0 Å². The lowest BCUT2D eigenvalue weighted by Crippen LogP contribution is -2.48. The fourth-order valence-electron chi connectivity index (χ4n) is 1.98. The highest BCUT2D eigenvalue weighted by atomic mass is 19.4. The van der Waals surface area contributed by atoms with Gasteiger partial charge >= 0.3 is 6.18 Å². The molecule has 2 rings (SSSR count). The van der Waals surface area contributed by atoms with Gasteiger partial charge in [0.15, 0.2) is 0 Å². The van der Waals surface area contributed by atoms with Gasteiger partial charge in [-0.3, -0.25) is 0 Å². The van der Waals surface area contributed by atoms with E-state index in [9.17, 15) is 17.6 Å². The van der Waals surface area contributed by atoms with Crippen molar-refractivity contribution in [2.75, 3.05) is 0 Å². The van der Waals surface area contributed by atoms with E-state index in [1.807, 2.05) is 0 Å². The minimum Gasteiger partial charge on any atom is -0.314 e. The molecule has 0 fully saturated rings. The van der Waals surface area contributed by atoms with Gasteiger partial charge in [0, 0.05) is 0 Å². The summed E-state index contributed by atoms with van der Waals surface area (Å²) < 4.78 is 51.3. The predicted molar refractivity (Wildman–Crippen MR) is 46.6 cm³/mol. The van der Waals surface area contributed by atoms with Crippen LogP contribution in [0.5, 0.6) is 0 Å². The number of alkyl halides is 3. The first-order valence-corrected chi connectivity index (χ1v) is 4.50. The Morgan fingerprint density at radius 1 is 1.27 bits per heavy atom. The Morgan fingerprint density at radius 3 is 2.53 bits per heavy atom.